The van der Waals surface area contributed by atoms with Gasteiger partial charge in [-0.3, -0.25) is 13.9 Å². The van der Waals surface area contributed by atoms with Crippen molar-refractivity contribution in [3.8, 4) is 5.75 Å². The lowest BCUT2D eigenvalue weighted by atomic mass is 10.0. The molecule has 2 amide bonds. The Morgan fingerprint density at radius 1 is 0.896 bits per heavy atom. The minimum absolute atomic E-state index is 0.0280. The maximum absolute atomic E-state index is 14.7. The zero-order valence-electron chi connectivity index (χ0n) is 26.7. The Balaban J connectivity index is 1.59. The summed E-state index contributed by atoms with van der Waals surface area (Å²) in [6.07, 6.45) is 4.08. The van der Waals surface area contributed by atoms with E-state index >= 15 is 0 Å². The van der Waals surface area contributed by atoms with Crippen molar-refractivity contribution in [3.05, 3.63) is 124 Å². The predicted octanol–water partition coefficient (Wildman–Crippen LogP) is 7.40. The van der Waals surface area contributed by atoms with E-state index in [0.29, 0.717) is 10.8 Å². The molecule has 48 heavy (non-hydrogen) atoms. The van der Waals surface area contributed by atoms with Crippen LogP contribution in [-0.4, -0.2) is 50.4 Å². The molecule has 1 fully saturated rings. The Morgan fingerprint density at radius 3 is 2.21 bits per heavy atom. The fraction of sp³-hybridized carbons (Fsp3) is 0.297. The first-order valence-corrected chi connectivity index (χ1v) is 18.6. The first kappa shape index (κ1) is 35.4. The second kappa shape index (κ2) is 16.5. The van der Waals surface area contributed by atoms with Crippen LogP contribution in [0.5, 0.6) is 5.75 Å². The summed E-state index contributed by atoms with van der Waals surface area (Å²) in [4.78, 5) is 30.4. The van der Waals surface area contributed by atoms with Crippen molar-refractivity contribution in [2.75, 3.05) is 17.5 Å². The second-order valence-corrected chi connectivity index (χ2v) is 14.9. The SMILES string of the molecule is CCOc1ccccc1N(CC(=O)N(Cc1ccc(Br)cc1)[C@@H](Cc1ccccc1)C(=O)NC1CCCC1)S(=O)(=O)c1ccc(Cl)cc1. The van der Waals surface area contributed by atoms with Crippen LogP contribution in [-0.2, 0) is 32.6 Å². The lowest BCUT2D eigenvalue weighted by Gasteiger charge is -2.34. The molecule has 252 valence electrons. The number of benzene rings is 4. The van der Waals surface area contributed by atoms with Gasteiger partial charge in [0.15, 0.2) is 0 Å². The van der Waals surface area contributed by atoms with Crippen molar-refractivity contribution in [2.24, 2.45) is 0 Å². The number of hydrogen-bond donors (Lipinski definition) is 1. The minimum atomic E-state index is -4.30. The van der Waals surface area contributed by atoms with Crippen molar-refractivity contribution in [2.45, 2.75) is 62.6 Å². The first-order chi connectivity index (χ1) is 23.2. The Labute approximate surface area is 296 Å². The van der Waals surface area contributed by atoms with Crippen molar-refractivity contribution in [3.63, 3.8) is 0 Å². The van der Waals surface area contributed by atoms with Gasteiger partial charge >= 0.3 is 0 Å². The number of hydrogen-bond acceptors (Lipinski definition) is 5. The summed E-state index contributed by atoms with van der Waals surface area (Å²) in [7, 11) is -4.30. The average molecular weight is 753 g/mol. The highest BCUT2D eigenvalue weighted by atomic mass is 79.9. The van der Waals surface area contributed by atoms with Gasteiger partial charge in [-0.2, -0.15) is 0 Å². The molecule has 8 nitrogen and oxygen atoms in total. The molecule has 0 spiro atoms. The number of amides is 2. The van der Waals surface area contributed by atoms with Gasteiger partial charge in [-0.25, -0.2) is 8.42 Å². The highest BCUT2D eigenvalue weighted by Crippen LogP contribution is 2.33. The highest BCUT2D eigenvalue weighted by Gasteiger charge is 2.36. The van der Waals surface area contributed by atoms with Crippen LogP contribution in [0.1, 0.15) is 43.7 Å². The highest BCUT2D eigenvalue weighted by molar-refractivity contribution is 9.10. The van der Waals surface area contributed by atoms with Gasteiger partial charge in [0, 0.05) is 28.5 Å². The van der Waals surface area contributed by atoms with Gasteiger partial charge in [0.25, 0.3) is 10.0 Å². The summed E-state index contributed by atoms with van der Waals surface area (Å²) in [6, 6.07) is 28.7. The topological polar surface area (TPSA) is 96.0 Å². The van der Waals surface area contributed by atoms with E-state index in [-0.39, 0.29) is 42.1 Å². The maximum Gasteiger partial charge on any atom is 0.264 e. The molecule has 0 radical (unpaired) electrons. The van der Waals surface area contributed by atoms with E-state index in [2.05, 4.69) is 21.2 Å². The van der Waals surface area contributed by atoms with Gasteiger partial charge in [0.1, 0.15) is 18.3 Å². The molecule has 0 saturated heterocycles. The van der Waals surface area contributed by atoms with E-state index in [0.717, 1.165) is 45.6 Å². The van der Waals surface area contributed by atoms with Crippen molar-refractivity contribution in [1.29, 1.82) is 0 Å². The Kier molecular flexibility index (Phi) is 12.2. The third-order valence-electron chi connectivity index (χ3n) is 8.35. The zero-order chi connectivity index (χ0) is 34.1. The monoisotopic (exact) mass is 751 g/mol. The number of nitrogens with zero attached hydrogens (tertiary/aromatic N) is 2. The summed E-state index contributed by atoms with van der Waals surface area (Å²) >= 11 is 9.57. The Hall–Kier alpha value is -3.86. The number of ether oxygens (including phenoxy) is 1. The van der Waals surface area contributed by atoms with Crippen molar-refractivity contribution >= 4 is 55.1 Å². The van der Waals surface area contributed by atoms with Crippen LogP contribution in [0.4, 0.5) is 5.69 Å². The van der Waals surface area contributed by atoms with Crippen LogP contribution in [0.3, 0.4) is 0 Å². The molecule has 1 atom stereocenters. The summed E-state index contributed by atoms with van der Waals surface area (Å²) in [6.45, 7) is 1.60. The van der Waals surface area contributed by atoms with Gasteiger partial charge in [0.2, 0.25) is 11.8 Å². The second-order valence-electron chi connectivity index (χ2n) is 11.7. The fourth-order valence-electron chi connectivity index (χ4n) is 5.90. The molecule has 5 rings (SSSR count). The molecular formula is C37H39BrClN3O5S. The van der Waals surface area contributed by atoms with Crippen LogP contribution in [0.15, 0.2) is 112 Å². The van der Waals surface area contributed by atoms with Gasteiger partial charge in [-0.1, -0.05) is 95.0 Å². The van der Waals surface area contributed by atoms with Crippen LogP contribution >= 0.6 is 27.5 Å². The van der Waals surface area contributed by atoms with Gasteiger partial charge in [-0.15, -0.1) is 0 Å². The van der Waals surface area contributed by atoms with Crippen molar-refractivity contribution < 1.29 is 22.7 Å². The fourth-order valence-corrected chi connectivity index (χ4v) is 7.71. The third-order valence-corrected chi connectivity index (χ3v) is 10.9. The van der Waals surface area contributed by atoms with Crippen LogP contribution < -0.4 is 14.4 Å². The standard InChI is InChI=1S/C37H39BrClN3O5S/c1-2-47-35-15-9-8-14-33(35)42(48(45,46)32-22-20-30(39)21-23-32)26-36(43)41(25-28-16-18-29(38)19-17-28)34(24-27-10-4-3-5-11-27)37(44)40-31-12-6-7-13-31/h3-5,8-11,14-23,31,34H,2,6-7,12-13,24-26H2,1H3,(H,40,44)/t34-/m0/s1. The third kappa shape index (κ3) is 8.98. The van der Waals surface area contributed by atoms with Gasteiger partial charge < -0.3 is 15.0 Å². The van der Waals surface area contributed by atoms with E-state index in [1.165, 1.54) is 29.2 Å². The number of carbonyl (C=O) groups excluding carboxylic acids is 2. The number of nitrogens with one attached hydrogen (secondary N) is 1. The largest absolute Gasteiger partial charge is 0.492 e. The summed E-state index contributed by atoms with van der Waals surface area (Å²) in [5.41, 5.74) is 1.88. The summed E-state index contributed by atoms with van der Waals surface area (Å²) < 4.78 is 36.5. The molecular weight excluding hydrogens is 714 g/mol. The lowest BCUT2D eigenvalue weighted by molar-refractivity contribution is -0.140. The van der Waals surface area contributed by atoms with Crippen LogP contribution in [0, 0.1) is 0 Å². The van der Waals surface area contributed by atoms with Crippen molar-refractivity contribution in [1.82, 2.24) is 10.2 Å². The molecule has 1 aliphatic rings. The number of halogens is 2. The van der Waals surface area contributed by atoms with E-state index in [1.807, 2.05) is 54.6 Å². The molecule has 11 heteroatoms. The summed E-state index contributed by atoms with van der Waals surface area (Å²) in [5, 5.41) is 3.58. The lowest BCUT2D eigenvalue weighted by Crippen LogP contribution is -2.54. The molecule has 4 aromatic rings. The average Bonchev–Trinajstić information content (AvgIpc) is 3.60. The molecule has 1 N–H and O–H groups in total. The molecule has 4 aromatic carbocycles. The minimum Gasteiger partial charge on any atom is -0.492 e. The quantitative estimate of drug-likeness (QED) is 0.145. The summed E-state index contributed by atoms with van der Waals surface area (Å²) in [5.74, 6) is -0.494. The van der Waals surface area contributed by atoms with Crippen LogP contribution in [0.2, 0.25) is 5.02 Å². The van der Waals surface area contributed by atoms with Gasteiger partial charge in [0.05, 0.1) is 17.2 Å². The Morgan fingerprint density at radius 2 is 1.54 bits per heavy atom. The number of para-hydroxylation sites is 2. The first-order valence-electron chi connectivity index (χ1n) is 16.0. The number of rotatable bonds is 14. The van der Waals surface area contributed by atoms with Crippen LogP contribution in [0.25, 0.3) is 0 Å². The van der Waals surface area contributed by atoms with E-state index in [4.69, 9.17) is 16.3 Å². The molecule has 0 unspecified atom stereocenters. The van der Waals surface area contributed by atoms with E-state index in [1.54, 1.807) is 31.2 Å². The smallest absolute Gasteiger partial charge is 0.264 e. The molecule has 0 bridgehead atoms. The number of sulfonamides is 1. The predicted molar refractivity (Wildman–Crippen MR) is 193 cm³/mol. The van der Waals surface area contributed by atoms with Gasteiger partial charge in [-0.05, 0) is 79.4 Å². The molecule has 1 aliphatic carbocycles. The number of carbonyl (C=O) groups is 2. The maximum atomic E-state index is 14.7. The van der Waals surface area contributed by atoms with E-state index < -0.39 is 28.5 Å². The Bertz CT molecular complexity index is 1780. The molecule has 1 saturated carbocycles. The molecule has 0 aromatic heterocycles. The molecule has 0 aliphatic heterocycles. The van der Waals surface area contributed by atoms with E-state index in [9.17, 15) is 18.0 Å². The zero-order valence-corrected chi connectivity index (χ0v) is 29.9. The number of anilines is 1. The molecule has 0 heterocycles. The normalized spacial score (nSPS) is 13.9.